The summed E-state index contributed by atoms with van der Waals surface area (Å²) in [6.45, 7) is 7.92. The maximum Gasteiger partial charge on any atom is 0.263 e. The van der Waals surface area contributed by atoms with Gasteiger partial charge >= 0.3 is 0 Å². The fraction of sp³-hybridized carbons (Fsp3) is 0.467. The van der Waals surface area contributed by atoms with Gasteiger partial charge < -0.3 is 10.2 Å². The highest BCUT2D eigenvalue weighted by Crippen LogP contribution is 2.27. The van der Waals surface area contributed by atoms with Crippen LogP contribution in [-0.2, 0) is 4.79 Å². The maximum atomic E-state index is 12.0. The maximum absolute atomic E-state index is 12.0. The summed E-state index contributed by atoms with van der Waals surface area (Å²) in [5.41, 5.74) is 4.70. The van der Waals surface area contributed by atoms with Gasteiger partial charge in [0.2, 0.25) is 0 Å². The molecule has 4 heterocycles. The van der Waals surface area contributed by atoms with Crippen LogP contribution in [0.5, 0.6) is 0 Å². The quantitative estimate of drug-likeness (QED) is 0.161. The van der Waals surface area contributed by atoms with Crippen molar-refractivity contribution in [2.45, 2.75) is 58.3 Å². The van der Waals surface area contributed by atoms with Crippen LogP contribution in [0.2, 0.25) is 0 Å². The highest BCUT2D eigenvalue weighted by Gasteiger charge is 2.22. The number of amides is 1. The van der Waals surface area contributed by atoms with E-state index in [1.165, 1.54) is 75.4 Å². The minimum absolute atomic E-state index is 0.178. The predicted octanol–water partition coefficient (Wildman–Crippen LogP) is 6.15. The standard InChI is InChI=1S/C30H38N6OS2/c1-2-3-4-5-6-7-8-9-16-34-17-19-35(20-18-34)25-13-10-23(11-14-25)26-22-31-28-15-12-24(33-36(26)28)21-27-29(37)32-30(38)39-27/h10-15,21-22H,2-9,16-20H2,1H3,(H,32,37,38). The summed E-state index contributed by atoms with van der Waals surface area (Å²) in [5.74, 6) is -0.178. The van der Waals surface area contributed by atoms with Crippen molar-refractivity contribution in [2.24, 2.45) is 0 Å². The van der Waals surface area contributed by atoms with Crippen LogP contribution in [0.15, 0.2) is 47.5 Å². The van der Waals surface area contributed by atoms with Gasteiger partial charge in [-0.25, -0.2) is 9.50 Å². The van der Waals surface area contributed by atoms with Crippen LogP contribution in [0.3, 0.4) is 0 Å². The van der Waals surface area contributed by atoms with E-state index in [0.717, 1.165) is 43.1 Å². The summed E-state index contributed by atoms with van der Waals surface area (Å²) in [6, 6.07) is 12.5. The largest absolute Gasteiger partial charge is 0.369 e. The number of fused-ring (bicyclic) bond motifs is 1. The molecule has 0 radical (unpaired) electrons. The van der Waals surface area contributed by atoms with Crippen LogP contribution in [0.1, 0.15) is 64.0 Å². The van der Waals surface area contributed by atoms with Crippen molar-refractivity contribution in [1.82, 2.24) is 24.8 Å². The first kappa shape index (κ1) is 27.8. The van der Waals surface area contributed by atoms with Crippen molar-refractivity contribution < 1.29 is 4.79 Å². The molecule has 0 bridgehead atoms. The van der Waals surface area contributed by atoms with Gasteiger partial charge in [0.25, 0.3) is 5.91 Å². The third-order valence-corrected chi connectivity index (χ3v) is 8.70. The van der Waals surface area contributed by atoms with Crippen molar-refractivity contribution >= 4 is 51.6 Å². The fourth-order valence-electron chi connectivity index (χ4n) is 5.26. The molecule has 2 aliphatic rings. The summed E-state index contributed by atoms with van der Waals surface area (Å²) in [7, 11) is 0. The van der Waals surface area contributed by atoms with Gasteiger partial charge in [-0.05, 0) is 43.3 Å². The number of aromatic nitrogens is 3. The minimum Gasteiger partial charge on any atom is -0.369 e. The van der Waals surface area contributed by atoms with Crippen LogP contribution in [-0.4, -0.2) is 62.4 Å². The van der Waals surface area contributed by atoms with Gasteiger partial charge in [0.05, 0.1) is 22.5 Å². The van der Waals surface area contributed by atoms with Crippen molar-refractivity contribution in [3.8, 4) is 11.3 Å². The van der Waals surface area contributed by atoms with Crippen molar-refractivity contribution in [3.05, 3.63) is 53.2 Å². The monoisotopic (exact) mass is 562 g/mol. The summed E-state index contributed by atoms with van der Waals surface area (Å²) in [5, 5.41) is 7.38. The SMILES string of the molecule is CCCCCCCCCCN1CCN(c2ccc(-c3cnc4ccc(C=C5SC(=S)NC5=O)nn34)cc2)CC1. The molecule has 2 aromatic heterocycles. The Morgan fingerprint density at radius 1 is 0.949 bits per heavy atom. The predicted molar refractivity (Wildman–Crippen MR) is 166 cm³/mol. The van der Waals surface area contributed by atoms with E-state index in [1.54, 1.807) is 6.08 Å². The number of carbonyl (C=O) groups excluding carboxylic acids is 1. The molecule has 206 valence electrons. The molecule has 39 heavy (non-hydrogen) atoms. The number of hydrogen-bond acceptors (Lipinski definition) is 7. The van der Waals surface area contributed by atoms with E-state index in [-0.39, 0.29) is 5.91 Å². The number of piperazine rings is 1. The molecule has 2 aliphatic heterocycles. The Bertz CT molecular complexity index is 1310. The number of imidazole rings is 1. The highest BCUT2D eigenvalue weighted by molar-refractivity contribution is 8.26. The Hall–Kier alpha value is -2.75. The first-order valence-corrected chi connectivity index (χ1v) is 15.5. The zero-order valence-corrected chi connectivity index (χ0v) is 24.4. The summed E-state index contributed by atoms with van der Waals surface area (Å²) >= 11 is 6.35. The molecule has 2 saturated heterocycles. The topological polar surface area (TPSA) is 65.8 Å². The highest BCUT2D eigenvalue weighted by atomic mass is 32.2. The Morgan fingerprint density at radius 3 is 2.36 bits per heavy atom. The van der Waals surface area contributed by atoms with E-state index in [9.17, 15) is 4.79 Å². The van der Waals surface area contributed by atoms with Crippen molar-refractivity contribution in [1.29, 1.82) is 0 Å². The number of rotatable bonds is 12. The van der Waals surface area contributed by atoms with E-state index in [4.69, 9.17) is 17.3 Å². The lowest BCUT2D eigenvalue weighted by molar-refractivity contribution is -0.115. The number of benzene rings is 1. The fourth-order valence-corrected chi connectivity index (χ4v) is 6.29. The molecule has 1 N–H and O–H groups in total. The first-order chi connectivity index (χ1) is 19.1. The average Bonchev–Trinajstić information content (AvgIpc) is 3.52. The Kier molecular flexibility index (Phi) is 9.66. The van der Waals surface area contributed by atoms with E-state index < -0.39 is 0 Å². The molecule has 0 saturated carbocycles. The molecule has 1 amide bonds. The molecule has 2 fully saturated rings. The van der Waals surface area contributed by atoms with E-state index >= 15 is 0 Å². The van der Waals surface area contributed by atoms with Gasteiger partial charge in [-0.3, -0.25) is 9.69 Å². The number of hydrogen-bond donors (Lipinski definition) is 1. The molecule has 0 unspecified atom stereocenters. The van der Waals surface area contributed by atoms with Crippen LogP contribution < -0.4 is 10.2 Å². The minimum atomic E-state index is -0.178. The zero-order valence-electron chi connectivity index (χ0n) is 22.8. The summed E-state index contributed by atoms with van der Waals surface area (Å²) in [6.07, 6.45) is 14.6. The lowest BCUT2D eigenvalue weighted by Gasteiger charge is -2.36. The number of anilines is 1. The summed E-state index contributed by atoms with van der Waals surface area (Å²) < 4.78 is 2.31. The lowest BCUT2D eigenvalue weighted by atomic mass is 10.1. The van der Waals surface area contributed by atoms with Gasteiger partial charge in [-0.15, -0.1) is 0 Å². The number of thioether (sulfide) groups is 1. The normalized spacial score (nSPS) is 17.5. The molecule has 0 aliphatic carbocycles. The molecule has 0 spiro atoms. The molecule has 3 aromatic rings. The van der Waals surface area contributed by atoms with Gasteiger partial charge in [0.1, 0.15) is 4.32 Å². The Balaban J connectivity index is 1.14. The molecule has 9 heteroatoms. The Labute approximate surface area is 241 Å². The number of nitrogens with one attached hydrogen (secondary N) is 1. The van der Waals surface area contributed by atoms with Crippen molar-refractivity contribution in [2.75, 3.05) is 37.6 Å². The first-order valence-electron chi connectivity index (χ1n) is 14.3. The Morgan fingerprint density at radius 2 is 1.67 bits per heavy atom. The van der Waals surface area contributed by atoms with Crippen LogP contribution >= 0.6 is 24.0 Å². The molecular weight excluding hydrogens is 525 g/mol. The van der Waals surface area contributed by atoms with E-state index in [0.29, 0.717) is 14.9 Å². The molecule has 5 rings (SSSR count). The van der Waals surface area contributed by atoms with Crippen LogP contribution in [0, 0.1) is 0 Å². The molecule has 7 nitrogen and oxygen atoms in total. The van der Waals surface area contributed by atoms with Gasteiger partial charge in [-0.2, -0.15) is 5.10 Å². The second-order valence-corrected chi connectivity index (χ2v) is 12.1. The smallest absolute Gasteiger partial charge is 0.263 e. The molecule has 1 aromatic carbocycles. The van der Waals surface area contributed by atoms with E-state index in [2.05, 4.69) is 51.3 Å². The zero-order chi connectivity index (χ0) is 27.0. The second kappa shape index (κ2) is 13.5. The molecule has 0 atom stereocenters. The molecular formula is C30H38N6OS2. The van der Waals surface area contributed by atoms with Crippen molar-refractivity contribution in [3.63, 3.8) is 0 Å². The van der Waals surface area contributed by atoms with Gasteiger partial charge in [-0.1, -0.05) is 88.0 Å². The van der Waals surface area contributed by atoms with Crippen LogP contribution in [0.4, 0.5) is 5.69 Å². The lowest BCUT2D eigenvalue weighted by Crippen LogP contribution is -2.46. The number of unbranched alkanes of at least 4 members (excludes halogenated alkanes) is 7. The number of nitrogens with zero attached hydrogens (tertiary/aromatic N) is 5. The second-order valence-electron chi connectivity index (χ2n) is 10.4. The number of thiocarbonyl (C=S) groups is 1. The third kappa shape index (κ3) is 7.26. The summed E-state index contributed by atoms with van der Waals surface area (Å²) in [4.78, 5) is 22.2. The van der Waals surface area contributed by atoms with E-state index in [1.807, 2.05) is 22.8 Å². The van der Waals surface area contributed by atoms with Crippen LogP contribution in [0.25, 0.3) is 23.0 Å². The number of carbonyl (C=O) groups is 1. The average molecular weight is 563 g/mol. The third-order valence-electron chi connectivity index (χ3n) is 7.53. The van der Waals surface area contributed by atoms with Gasteiger partial charge in [0, 0.05) is 37.4 Å². The van der Waals surface area contributed by atoms with Gasteiger partial charge in [0.15, 0.2) is 5.65 Å².